The summed E-state index contributed by atoms with van der Waals surface area (Å²) in [4.78, 5) is 33.8. The first-order chi connectivity index (χ1) is 11.4. The van der Waals surface area contributed by atoms with Crippen LogP contribution in [0, 0.1) is 0 Å². The van der Waals surface area contributed by atoms with Crippen LogP contribution in [0.4, 0.5) is 16.3 Å². The smallest absolute Gasteiger partial charge is 0.335 e. The Bertz CT molecular complexity index is 924. The Labute approximate surface area is 146 Å². The van der Waals surface area contributed by atoms with E-state index in [1.165, 1.54) is 40.5 Å². The van der Waals surface area contributed by atoms with Crippen LogP contribution in [0.15, 0.2) is 40.7 Å². The van der Waals surface area contributed by atoms with Gasteiger partial charge in [0.2, 0.25) is 0 Å². The van der Waals surface area contributed by atoms with Crippen molar-refractivity contribution in [2.75, 3.05) is 17.3 Å². The zero-order valence-electron chi connectivity index (χ0n) is 12.4. The average Bonchev–Trinajstić information content (AvgIpc) is 2.93. The summed E-state index contributed by atoms with van der Waals surface area (Å²) in [7, 11) is 1.60. The number of aromatic carboxylic acids is 1. The number of hydrogen-bond acceptors (Lipinski definition) is 6. The number of nitrogens with zero attached hydrogens (tertiary/aromatic N) is 3. The molecule has 0 aliphatic carbocycles. The van der Waals surface area contributed by atoms with Crippen LogP contribution in [0.25, 0.3) is 10.3 Å². The van der Waals surface area contributed by atoms with E-state index < -0.39 is 5.97 Å². The lowest BCUT2D eigenvalue weighted by Gasteiger charge is -2.17. The molecule has 24 heavy (non-hydrogen) atoms. The molecule has 2 aromatic heterocycles. The van der Waals surface area contributed by atoms with Crippen LogP contribution in [0.3, 0.4) is 0 Å². The molecule has 2 amide bonds. The van der Waals surface area contributed by atoms with Crippen molar-refractivity contribution in [3.63, 3.8) is 0 Å². The number of thiazole rings is 1. The summed E-state index contributed by atoms with van der Waals surface area (Å²) in [5.74, 6) is -0.547. The number of carbonyl (C=O) groups excluding carboxylic acids is 1. The Kier molecular flexibility index (Phi) is 4.36. The molecule has 0 fully saturated rings. The van der Waals surface area contributed by atoms with Crippen LogP contribution in [0.5, 0.6) is 0 Å². The second-order valence-corrected chi connectivity index (χ2v) is 6.57. The van der Waals surface area contributed by atoms with E-state index in [-0.39, 0.29) is 11.6 Å². The number of hydrogen-bond donors (Lipinski definition) is 3. The topological polar surface area (TPSA) is 95.4 Å². The number of carboxylic acids is 1. The molecule has 7 nitrogen and oxygen atoms in total. The van der Waals surface area contributed by atoms with E-state index in [9.17, 15) is 9.59 Å². The second-order valence-electron chi connectivity index (χ2n) is 4.86. The van der Waals surface area contributed by atoms with Crippen LogP contribution in [-0.4, -0.2) is 34.1 Å². The summed E-state index contributed by atoms with van der Waals surface area (Å²) in [6.07, 6.45) is 0. The monoisotopic (exact) mass is 360 g/mol. The first-order valence-corrected chi connectivity index (χ1v) is 8.05. The van der Waals surface area contributed by atoms with E-state index in [4.69, 9.17) is 5.11 Å². The molecule has 2 heterocycles. The minimum atomic E-state index is -1.02. The lowest BCUT2D eigenvalue weighted by Crippen LogP contribution is -2.31. The Morgan fingerprint density at radius 3 is 2.54 bits per heavy atom. The number of amides is 2. The molecule has 0 unspecified atom stereocenters. The number of anilines is 2. The molecule has 9 heteroatoms. The number of pyridine rings is 1. The lowest BCUT2D eigenvalue weighted by atomic mass is 10.2. The summed E-state index contributed by atoms with van der Waals surface area (Å²) >= 11 is 5.52. The molecule has 0 radical (unpaired) electrons. The molecule has 122 valence electrons. The van der Waals surface area contributed by atoms with Crippen molar-refractivity contribution in [2.24, 2.45) is 0 Å². The molecule has 0 saturated carbocycles. The molecular formula is C15H12N4O3S2. The van der Waals surface area contributed by atoms with E-state index in [0.29, 0.717) is 20.7 Å². The number of aromatic nitrogens is 2. The molecule has 0 spiro atoms. The van der Waals surface area contributed by atoms with Crippen molar-refractivity contribution in [1.82, 2.24) is 9.97 Å². The summed E-state index contributed by atoms with van der Waals surface area (Å²) in [5.41, 5.74) is 1.38. The van der Waals surface area contributed by atoms with Gasteiger partial charge in [-0.25, -0.2) is 19.6 Å². The lowest BCUT2D eigenvalue weighted by molar-refractivity contribution is 0.0697. The Hall–Kier alpha value is -2.65. The summed E-state index contributed by atoms with van der Waals surface area (Å²) in [5, 5.41) is 11.6. The maximum absolute atomic E-state index is 12.3. The van der Waals surface area contributed by atoms with Gasteiger partial charge in [0.05, 0.1) is 5.56 Å². The number of fused-ring (bicyclic) bond motifs is 1. The van der Waals surface area contributed by atoms with Crippen molar-refractivity contribution in [3.8, 4) is 0 Å². The summed E-state index contributed by atoms with van der Waals surface area (Å²) in [6.45, 7) is 0. The highest BCUT2D eigenvalue weighted by Gasteiger charge is 2.14. The summed E-state index contributed by atoms with van der Waals surface area (Å²) in [6, 6.07) is 8.99. The van der Waals surface area contributed by atoms with Crippen molar-refractivity contribution in [1.29, 1.82) is 0 Å². The molecular weight excluding hydrogens is 348 g/mol. The van der Waals surface area contributed by atoms with Gasteiger partial charge in [-0.1, -0.05) is 11.3 Å². The van der Waals surface area contributed by atoms with Gasteiger partial charge >= 0.3 is 12.0 Å². The Balaban J connectivity index is 1.76. The van der Waals surface area contributed by atoms with Crippen LogP contribution in [-0.2, 0) is 0 Å². The maximum Gasteiger partial charge on any atom is 0.335 e. The number of carboxylic acid groups (broad SMARTS) is 1. The van der Waals surface area contributed by atoms with E-state index in [1.54, 1.807) is 19.2 Å². The fraction of sp³-hybridized carbons (Fsp3) is 0.0667. The van der Waals surface area contributed by atoms with Gasteiger partial charge in [-0.3, -0.25) is 4.90 Å². The molecule has 0 bridgehead atoms. The third-order valence-corrected chi connectivity index (χ3v) is 4.40. The SMILES string of the molecule is CN(C(=O)Nc1ccc(C(=O)O)cc1)c1ccc2nc(S)sc2n1. The number of thiol groups is 1. The number of benzene rings is 1. The van der Waals surface area contributed by atoms with Gasteiger partial charge in [0.25, 0.3) is 0 Å². The van der Waals surface area contributed by atoms with Gasteiger partial charge < -0.3 is 10.4 Å². The van der Waals surface area contributed by atoms with Crippen LogP contribution < -0.4 is 10.2 Å². The van der Waals surface area contributed by atoms with E-state index >= 15 is 0 Å². The zero-order chi connectivity index (χ0) is 17.3. The normalized spacial score (nSPS) is 10.6. The summed E-state index contributed by atoms with van der Waals surface area (Å²) < 4.78 is 0.611. The Morgan fingerprint density at radius 1 is 1.17 bits per heavy atom. The molecule has 3 aromatic rings. The molecule has 1 aromatic carbocycles. The maximum atomic E-state index is 12.3. The first-order valence-electron chi connectivity index (χ1n) is 6.78. The van der Waals surface area contributed by atoms with Crippen LogP contribution in [0.1, 0.15) is 10.4 Å². The van der Waals surface area contributed by atoms with E-state index in [1.807, 2.05) is 0 Å². The minimum Gasteiger partial charge on any atom is -0.478 e. The molecule has 0 aliphatic rings. The van der Waals surface area contributed by atoms with E-state index in [2.05, 4.69) is 27.9 Å². The molecule has 0 aliphatic heterocycles. The molecule has 3 rings (SSSR count). The predicted molar refractivity (Wildman–Crippen MR) is 95.5 cm³/mol. The van der Waals surface area contributed by atoms with Crippen molar-refractivity contribution in [3.05, 3.63) is 42.0 Å². The largest absolute Gasteiger partial charge is 0.478 e. The third-order valence-electron chi connectivity index (χ3n) is 3.26. The highest BCUT2D eigenvalue weighted by molar-refractivity contribution is 7.82. The van der Waals surface area contributed by atoms with Gasteiger partial charge in [0.15, 0.2) is 0 Å². The fourth-order valence-electron chi connectivity index (χ4n) is 1.99. The molecule has 0 saturated heterocycles. The number of nitrogens with one attached hydrogen (secondary N) is 1. The quantitative estimate of drug-likeness (QED) is 0.623. The van der Waals surface area contributed by atoms with Crippen molar-refractivity contribution >= 4 is 57.8 Å². The van der Waals surface area contributed by atoms with Gasteiger partial charge in [-0.05, 0) is 36.4 Å². The molecule has 0 atom stereocenters. The van der Waals surface area contributed by atoms with Gasteiger partial charge in [0, 0.05) is 12.7 Å². The number of rotatable bonds is 3. The van der Waals surface area contributed by atoms with E-state index in [0.717, 1.165) is 5.52 Å². The minimum absolute atomic E-state index is 0.154. The van der Waals surface area contributed by atoms with Crippen molar-refractivity contribution < 1.29 is 14.7 Å². The van der Waals surface area contributed by atoms with Crippen LogP contribution in [0.2, 0.25) is 0 Å². The van der Waals surface area contributed by atoms with Gasteiger partial charge in [0.1, 0.15) is 20.5 Å². The highest BCUT2D eigenvalue weighted by Crippen LogP contribution is 2.25. The standard InChI is InChI=1S/C15H12N4O3S2/c1-19(11-7-6-10-12(18-11)24-15(23)17-10)14(22)16-9-4-2-8(3-5-9)13(20)21/h2-7H,1H3,(H,16,22)(H,17,23)(H,20,21). The predicted octanol–water partition coefficient (Wildman–Crippen LogP) is 3.35. The third kappa shape index (κ3) is 3.31. The number of carbonyl (C=O) groups is 2. The van der Waals surface area contributed by atoms with Gasteiger partial charge in [-0.15, -0.1) is 12.6 Å². The van der Waals surface area contributed by atoms with Gasteiger partial charge in [-0.2, -0.15) is 0 Å². The fourth-order valence-corrected chi connectivity index (χ4v) is 3.03. The molecule has 2 N–H and O–H groups in total. The average molecular weight is 360 g/mol. The Morgan fingerprint density at radius 2 is 1.88 bits per heavy atom. The zero-order valence-corrected chi connectivity index (χ0v) is 14.1. The second kappa shape index (κ2) is 6.46. The highest BCUT2D eigenvalue weighted by atomic mass is 32.2. The van der Waals surface area contributed by atoms with Crippen LogP contribution >= 0.6 is 24.0 Å². The van der Waals surface area contributed by atoms with Crippen molar-refractivity contribution in [2.45, 2.75) is 4.34 Å². The first kappa shape index (κ1) is 16.2. The number of urea groups is 1.